The first kappa shape index (κ1) is 16.2. The molecule has 1 aromatic carbocycles. The average molecular weight is 307 g/mol. The van der Waals surface area contributed by atoms with Crippen LogP contribution in [0.1, 0.15) is 30.6 Å². The number of halogens is 3. The molecule has 6 heteroatoms. The van der Waals surface area contributed by atoms with Crippen LogP contribution in [-0.4, -0.2) is 18.5 Å². The van der Waals surface area contributed by atoms with Crippen LogP contribution in [0.15, 0.2) is 12.1 Å². The van der Waals surface area contributed by atoms with Gasteiger partial charge in [0.2, 0.25) is 0 Å². The van der Waals surface area contributed by atoms with Crippen molar-refractivity contribution in [3.05, 3.63) is 33.6 Å². The van der Waals surface area contributed by atoms with Crippen molar-refractivity contribution < 1.29 is 9.18 Å². The van der Waals surface area contributed by atoms with Crippen molar-refractivity contribution in [2.45, 2.75) is 26.3 Å². The summed E-state index contributed by atoms with van der Waals surface area (Å²) in [6, 6.07) is 2.08. The lowest BCUT2D eigenvalue weighted by Gasteiger charge is -2.19. The summed E-state index contributed by atoms with van der Waals surface area (Å²) >= 11 is 11.5. The molecular formula is C13H17Cl2FN2O. The van der Waals surface area contributed by atoms with Gasteiger partial charge in [0.25, 0.3) is 5.91 Å². The molecule has 0 saturated heterocycles. The second-order valence-corrected chi connectivity index (χ2v) is 5.60. The molecule has 0 aromatic heterocycles. The van der Waals surface area contributed by atoms with Gasteiger partial charge in [-0.1, -0.05) is 37.0 Å². The molecule has 0 aliphatic heterocycles. The van der Waals surface area contributed by atoms with Gasteiger partial charge in [0.05, 0.1) is 15.6 Å². The van der Waals surface area contributed by atoms with Crippen LogP contribution in [0.3, 0.4) is 0 Å². The van der Waals surface area contributed by atoms with E-state index in [0.29, 0.717) is 12.5 Å². The van der Waals surface area contributed by atoms with Gasteiger partial charge in [-0.2, -0.15) is 0 Å². The van der Waals surface area contributed by atoms with E-state index < -0.39 is 11.7 Å². The van der Waals surface area contributed by atoms with Crippen LogP contribution < -0.4 is 11.1 Å². The Morgan fingerprint density at radius 1 is 1.37 bits per heavy atom. The van der Waals surface area contributed by atoms with E-state index in [9.17, 15) is 9.18 Å². The molecule has 0 heterocycles. The minimum Gasteiger partial charge on any atom is -0.348 e. The van der Waals surface area contributed by atoms with Crippen molar-refractivity contribution in [1.82, 2.24) is 5.32 Å². The number of benzene rings is 1. The van der Waals surface area contributed by atoms with Gasteiger partial charge in [-0.25, -0.2) is 4.39 Å². The first-order chi connectivity index (χ1) is 8.85. The molecule has 3 nitrogen and oxygen atoms in total. The fourth-order valence-electron chi connectivity index (χ4n) is 1.74. The molecule has 1 rings (SSSR count). The van der Waals surface area contributed by atoms with Crippen molar-refractivity contribution in [2.75, 3.05) is 6.54 Å². The van der Waals surface area contributed by atoms with E-state index in [1.807, 2.05) is 13.8 Å². The number of amides is 1. The highest BCUT2D eigenvalue weighted by molar-refractivity contribution is 6.36. The fraction of sp³-hybridized carbons (Fsp3) is 0.462. The van der Waals surface area contributed by atoms with Crippen LogP contribution in [0, 0.1) is 11.7 Å². The minimum atomic E-state index is -0.677. The molecule has 19 heavy (non-hydrogen) atoms. The maximum Gasteiger partial charge on any atom is 0.253 e. The number of hydrogen-bond donors (Lipinski definition) is 2. The van der Waals surface area contributed by atoms with Crippen LogP contribution >= 0.6 is 23.2 Å². The average Bonchev–Trinajstić information content (AvgIpc) is 2.32. The molecule has 0 aliphatic rings. The molecule has 1 amide bonds. The predicted octanol–water partition coefficient (Wildman–Crippen LogP) is 3.24. The second kappa shape index (κ2) is 7.08. The molecule has 1 unspecified atom stereocenters. The first-order valence-electron chi connectivity index (χ1n) is 6.00. The molecule has 1 atom stereocenters. The summed E-state index contributed by atoms with van der Waals surface area (Å²) in [7, 11) is 0. The summed E-state index contributed by atoms with van der Waals surface area (Å²) < 4.78 is 13.4. The minimum absolute atomic E-state index is 0.0609. The van der Waals surface area contributed by atoms with Crippen LogP contribution in [0.25, 0.3) is 0 Å². The first-order valence-corrected chi connectivity index (χ1v) is 6.76. The quantitative estimate of drug-likeness (QED) is 0.821. The predicted molar refractivity (Wildman–Crippen MR) is 76.2 cm³/mol. The molecule has 106 valence electrons. The lowest BCUT2D eigenvalue weighted by molar-refractivity contribution is 0.0933. The number of nitrogens with two attached hydrogens (primary N) is 1. The Kier molecular flexibility index (Phi) is 6.04. The Morgan fingerprint density at radius 2 is 2.00 bits per heavy atom. The Labute approximate surface area is 122 Å². The normalized spacial score (nSPS) is 12.6. The van der Waals surface area contributed by atoms with E-state index >= 15 is 0 Å². The highest BCUT2D eigenvalue weighted by Gasteiger charge is 2.18. The number of rotatable bonds is 5. The van der Waals surface area contributed by atoms with Gasteiger partial charge in [0, 0.05) is 12.6 Å². The third-order valence-electron chi connectivity index (χ3n) is 2.63. The van der Waals surface area contributed by atoms with Gasteiger partial charge in [0.1, 0.15) is 5.82 Å². The van der Waals surface area contributed by atoms with Gasteiger partial charge in [-0.15, -0.1) is 0 Å². The molecular weight excluding hydrogens is 290 g/mol. The smallest absolute Gasteiger partial charge is 0.253 e. The molecule has 0 saturated carbocycles. The maximum absolute atomic E-state index is 13.4. The van der Waals surface area contributed by atoms with Crippen LogP contribution in [0.4, 0.5) is 4.39 Å². The molecule has 0 fully saturated rings. The second-order valence-electron chi connectivity index (χ2n) is 4.78. The van der Waals surface area contributed by atoms with Crippen molar-refractivity contribution >= 4 is 29.1 Å². The zero-order chi connectivity index (χ0) is 14.6. The van der Waals surface area contributed by atoms with E-state index in [1.54, 1.807) is 0 Å². The number of hydrogen-bond acceptors (Lipinski definition) is 2. The van der Waals surface area contributed by atoms with E-state index in [-0.39, 0.29) is 21.7 Å². The highest BCUT2D eigenvalue weighted by atomic mass is 35.5. The van der Waals surface area contributed by atoms with Crippen molar-refractivity contribution in [3.63, 3.8) is 0 Å². The molecule has 0 spiro atoms. The summed E-state index contributed by atoms with van der Waals surface area (Å²) in [4.78, 5) is 12.0. The molecule has 1 aromatic rings. The Morgan fingerprint density at radius 3 is 2.53 bits per heavy atom. The van der Waals surface area contributed by atoms with E-state index in [4.69, 9.17) is 28.9 Å². The molecule has 0 radical (unpaired) electrons. The monoisotopic (exact) mass is 306 g/mol. The van der Waals surface area contributed by atoms with Crippen LogP contribution in [0.5, 0.6) is 0 Å². The van der Waals surface area contributed by atoms with Gasteiger partial charge in [-0.3, -0.25) is 4.79 Å². The summed E-state index contributed by atoms with van der Waals surface area (Å²) in [5, 5.41) is 2.75. The van der Waals surface area contributed by atoms with Crippen LogP contribution in [-0.2, 0) is 0 Å². The number of nitrogens with one attached hydrogen (secondary N) is 1. The van der Waals surface area contributed by atoms with Crippen LogP contribution in [0.2, 0.25) is 10.0 Å². The standard InChI is InChI=1S/C13H17Cl2FN2O/c1-7(2)3-8(6-17)18-13(19)9-4-12(16)11(15)5-10(9)14/h4-5,7-8H,3,6,17H2,1-2H3,(H,18,19). The highest BCUT2D eigenvalue weighted by Crippen LogP contribution is 2.24. The van der Waals surface area contributed by atoms with Gasteiger partial charge in [-0.05, 0) is 24.5 Å². The SMILES string of the molecule is CC(C)CC(CN)NC(=O)c1cc(F)c(Cl)cc1Cl. The van der Waals surface area contributed by atoms with Gasteiger partial charge in [0.15, 0.2) is 0 Å². The summed E-state index contributed by atoms with van der Waals surface area (Å²) in [5.74, 6) is -0.729. The Bertz CT molecular complexity index is 466. The fourth-order valence-corrected chi connectivity index (χ4v) is 2.21. The van der Waals surface area contributed by atoms with E-state index in [2.05, 4.69) is 5.32 Å². The number of carbonyl (C=O) groups excluding carboxylic acids is 1. The number of carbonyl (C=O) groups is 1. The largest absolute Gasteiger partial charge is 0.348 e. The van der Waals surface area contributed by atoms with Gasteiger partial charge < -0.3 is 11.1 Å². The lowest BCUT2D eigenvalue weighted by atomic mass is 10.0. The zero-order valence-electron chi connectivity index (χ0n) is 10.8. The molecule has 0 aliphatic carbocycles. The summed E-state index contributed by atoms with van der Waals surface area (Å²) in [6.45, 7) is 4.38. The van der Waals surface area contributed by atoms with Crippen molar-refractivity contribution in [3.8, 4) is 0 Å². The Hall–Kier alpha value is -0.840. The van der Waals surface area contributed by atoms with Gasteiger partial charge >= 0.3 is 0 Å². The lowest BCUT2D eigenvalue weighted by Crippen LogP contribution is -2.41. The molecule has 0 bridgehead atoms. The van der Waals surface area contributed by atoms with Crippen molar-refractivity contribution in [2.24, 2.45) is 11.7 Å². The Balaban J connectivity index is 2.85. The summed E-state index contributed by atoms with van der Waals surface area (Å²) in [5.41, 5.74) is 5.66. The maximum atomic E-state index is 13.4. The third-order valence-corrected chi connectivity index (χ3v) is 3.23. The topological polar surface area (TPSA) is 55.1 Å². The third kappa shape index (κ3) is 4.64. The van der Waals surface area contributed by atoms with Crippen molar-refractivity contribution in [1.29, 1.82) is 0 Å². The summed E-state index contributed by atoms with van der Waals surface area (Å²) in [6.07, 6.45) is 0.746. The van der Waals surface area contributed by atoms with E-state index in [0.717, 1.165) is 12.5 Å². The molecule has 3 N–H and O–H groups in total. The zero-order valence-corrected chi connectivity index (χ0v) is 12.4. The van der Waals surface area contributed by atoms with E-state index in [1.165, 1.54) is 6.07 Å².